The minimum atomic E-state index is 0. The summed E-state index contributed by atoms with van der Waals surface area (Å²) in [5, 5.41) is 7.37. The number of nitrogens with one attached hydrogen (secondary N) is 1. The highest BCUT2D eigenvalue weighted by Crippen LogP contribution is 2.23. The van der Waals surface area contributed by atoms with E-state index >= 15 is 0 Å². The minimum Gasteiger partial charge on any atom is -0.339 e. The second-order valence-corrected chi connectivity index (χ2v) is 4.66. The van der Waals surface area contributed by atoms with Crippen LogP contribution >= 0.6 is 12.4 Å². The molecule has 1 fully saturated rings. The van der Waals surface area contributed by atoms with Gasteiger partial charge in [-0.15, -0.1) is 12.4 Å². The van der Waals surface area contributed by atoms with Gasteiger partial charge >= 0.3 is 0 Å². The molecule has 1 unspecified atom stereocenters. The van der Waals surface area contributed by atoms with Crippen molar-refractivity contribution in [3.63, 3.8) is 0 Å². The molecule has 6 heteroatoms. The molecule has 1 atom stereocenters. The van der Waals surface area contributed by atoms with E-state index in [0.29, 0.717) is 11.7 Å². The van der Waals surface area contributed by atoms with Crippen LogP contribution in [0.3, 0.4) is 0 Å². The number of rotatable bonds is 2. The van der Waals surface area contributed by atoms with E-state index in [0.717, 1.165) is 43.2 Å². The summed E-state index contributed by atoms with van der Waals surface area (Å²) >= 11 is 0. The van der Waals surface area contributed by atoms with Crippen LogP contribution in [-0.4, -0.2) is 28.2 Å². The van der Waals surface area contributed by atoms with Gasteiger partial charge in [-0.1, -0.05) is 11.2 Å². The van der Waals surface area contributed by atoms with E-state index in [4.69, 9.17) is 4.52 Å². The average molecular weight is 281 g/mol. The Morgan fingerprint density at radius 3 is 2.95 bits per heavy atom. The standard InChI is InChI=1S/C13H16N4O.ClH/c1-9-4-2-6-11(15-9)12-16-13(18-17-12)10-5-3-7-14-8-10;/h2,4,6,10,14H,3,5,7-8H2,1H3;1H. The van der Waals surface area contributed by atoms with E-state index in [1.165, 1.54) is 0 Å². The van der Waals surface area contributed by atoms with Gasteiger partial charge in [-0.25, -0.2) is 4.98 Å². The molecule has 0 aromatic carbocycles. The maximum atomic E-state index is 5.36. The third-order valence-corrected chi connectivity index (χ3v) is 3.21. The number of halogens is 1. The highest BCUT2D eigenvalue weighted by atomic mass is 35.5. The van der Waals surface area contributed by atoms with Crippen LogP contribution in [0.15, 0.2) is 22.7 Å². The third kappa shape index (κ3) is 3.11. The van der Waals surface area contributed by atoms with Crippen LogP contribution in [0.4, 0.5) is 0 Å². The first kappa shape index (κ1) is 14.0. The number of hydrogen-bond acceptors (Lipinski definition) is 5. The summed E-state index contributed by atoms with van der Waals surface area (Å²) in [5.41, 5.74) is 1.73. The number of aryl methyl sites for hydroxylation is 1. The van der Waals surface area contributed by atoms with Crippen molar-refractivity contribution in [3.05, 3.63) is 29.8 Å². The first-order valence-electron chi connectivity index (χ1n) is 6.31. The molecule has 1 aliphatic heterocycles. The molecular weight excluding hydrogens is 264 g/mol. The number of nitrogens with zero attached hydrogens (tertiary/aromatic N) is 3. The first-order valence-corrected chi connectivity index (χ1v) is 6.31. The Bertz CT molecular complexity index is 537. The molecule has 2 aromatic heterocycles. The normalized spacial score (nSPS) is 18.9. The lowest BCUT2D eigenvalue weighted by Crippen LogP contribution is -2.28. The van der Waals surface area contributed by atoms with Gasteiger partial charge in [0.05, 0.1) is 5.92 Å². The number of piperidine rings is 1. The van der Waals surface area contributed by atoms with Crippen LogP contribution in [0.2, 0.25) is 0 Å². The van der Waals surface area contributed by atoms with E-state index in [9.17, 15) is 0 Å². The van der Waals surface area contributed by atoms with Crippen molar-refractivity contribution in [3.8, 4) is 11.5 Å². The average Bonchev–Trinajstić information content (AvgIpc) is 2.89. The van der Waals surface area contributed by atoms with Crippen LogP contribution in [0.1, 0.15) is 30.3 Å². The van der Waals surface area contributed by atoms with E-state index in [1.807, 2.05) is 25.1 Å². The number of aromatic nitrogens is 3. The van der Waals surface area contributed by atoms with Gasteiger partial charge in [0.25, 0.3) is 0 Å². The zero-order chi connectivity index (χ0) is 12.4. The first-order chi connectivity index (χ1) is 8.83. The molecule has 0 amide bonds. The Morgan fingerprint density at radius 1 is 1.32 bits per heavy atom. The molecule has 1 aliphatic rings. The van der Waals surface area contributed by atoms with E-state index in [1.54, 1.807) is 0 Å². The lowest BCUT2D eigenvalue weighted by Gasteiger charge is -2.18. The van der Waals surface area contributed by atoms with Gasteiger partial charge in [0.1, 0.15) is 5.69 Å². The topological polar surface area (TPSA) is 63.8 Å². The summed E-state index contributed by atoms with van der Waals surface area (Å²) in [6, 6.07) is 5.81. The lowest BCUT2D eigenvalue weighted by atomic mass is 10.00. The van der Waals surface area contributed by atoms with Gasteiger partial charge in [-0.2, -0.15) is 4.98 Å². The van der Waals surface area contributed by atoms with Crippen molar-refractivity contribution in [2.45, 2.75) is 25.7 Å². The predicted molar refractivity (Wildman–Crippen MR) is 74.4 cm³/mol. The maximum absolute atomic E-state index is 5.36. The molecule has 0 bridgehead atoms. The quantitative estimate of drug-likeness (QED) is 0.915. The molecule has 0 saturated carbocycles. The van der Waals surface area contributed by atoms with Crippen LogP contribution in [0, 0.1) is 6.92 Å². The molecule has 5 nitrogen and oxygen atoms in total. The Morgan fingerprint density at radius 2 is 2.21 bits per heavy atom. The Balaban J connectivity index is 0.00000133. The fraction of sp³-hybridized carbons (Fsp3) is 0.462. The highest BCUT2D eigenvalue weighted by molar-refractivity contribution is 5.85. The molecule has 102 valence electrons. The summed E-state index contributed by atoms with van der Waals surface area (Å²) in [6.07, 6.45) is 2.26. The van der Waals surface area contributed by atoms with Gasteiger partial charge in [-0.05, 0) is 38.4 Å². The summed E-state index contributed by atoms with van der Waals surface area (Å²) in [4.78, 5) is 8.87. The molecule has 2 aromatic rings. The van der Waals surface area contributed by atoms with E-state index in [-0.39, 0.29) is 12.4 Å². The smallest absolute Gasteiger partial charge is 0.231 e. The predicted octanol–water partition coefficient (Wildman–Crippen LogP) is 2.33. The van der Waals surface area contributed by atoms with E-state index in [2.05, 4.69) is 20.4 Å². The lowest BCUT2D eigenvalue weighted by molar-refractivity contribution is 0.322. The fourth-order valence-corrected chi connectivity index (χ4v) is 2.24. The minimum absolute atomic E-state index is 0. The Hall–Kier alpha value is -1.46. The van der Waals surface area contributed by atoms with Gasteiger partial charge in [-0.3, -0.25) is 0 Å². The monoisotopic (exact) mass is 280 g/mol. The van der Waals surface area contributed by atoms with Crippen molar-refractivity contribution in [1.29, 1.82) is 0 Å². The van der Waals surface area contributed by atoms with Crippen LogP contribution in [-0.2, 0) is 0 Å². The second-order valence-electron chi connectivity index (χ2n) is 4.66. The second kappa shape index (κ2) is 6.12. The van der Waals surface area contributed by atoms with Gasteiger partial charge in [0.2, 0.25) is 11.7 Å². The van der Waals surface area contributed by atoms with Gasteiger partial charge in [0.15, 0.2) is 0 Å². The third-order valence-electron chi connectivity index (χ3n) is 3.21. The summed E-state index contributed by atoms with van der Waals surface area (Å²) < 4.78 is 5.36. The Kier molecular flexibility index (Phi) is 4.50. The van der Waals surface area contributed by atoms with Gasteiger partial charge in [0, 0.05) is 12.2 Å². The maximum Gasteiger partial charge on any atom is 0.231 e. The largest absolute Gasteiger partial charge is 0.339 e. The molecule has 0 radical (unpaired) electrons. The van der Waals surface area contributed by atoms with Crippen molar-refractivity contribution >= 4 is 12.4 Å². The number of pyridine rings is 1. The molecule has 0 spiro atoms. The van der Waals surface area contributed by atoms with Crippen molar-refractivity contribution in [1.82, 2.24) is 20.4 Å². The molecule has 3 rings (SSSR count). The molecular formula is C13H17ClN4O. The molecule has 3 heterocycles. The summed E-state index contributed by atoms with van der Waals surface area (Å²) in [6.45, 7) is 3.95. The zero-order valence-corrected chi connectivity index (χ0v) is 11.6. The van der Waals surface area contributed by atoms with E-state index < -0.39 is 0 Å². The highest BCUT2D eigenvalue weighted by Gasteiger charge is 2.21. The number of hydrogen-bond donors (Lipinski definition) is 1. The zero-order valence-electron chi connectivity index (χ0n) is 10.8. The van der Waals surface area contributed by atoms with Crippen LogP contribution < -0.4 is 5.32 Å². The summed E-state index contributed by atoms with van der Waals surface area (Å²) in [7, 11) is 0. The summed E-state index contributed by atoms with van der Waals surface area (Å²) in [5.74, 6) is 1.64. The van der Waals surface area contributed by atoms with Crippen LogP contribution in [0.25, 0.3) is 11.5 Å². The molecule has 1 saturated heterocycles. The Labute approximate surface area is 118 Å². The molecule has 19 heavy (non-hydrogen) atoms. The van der Waals surface area contributed by atoms with Crippen LogP contribution in [0.5, 0.6) is 0 Å². The molecule has 0 aliphatic carbocycles. The fourth-order valence-electron chi connectivity index (χ4n) is 2.24. The molecule has 1 N–H and O–H groups in total. The van der Waals surface area contributed by atoms with Crippen molar-refractivity contribution in [2.75, 3.05) is 13.1 Å². The van der Waals surface area contributed by atoms with Crippen molar-refractivity contribution < 1.29 is 4.52 Å². The SMILES string of the molecule is Cc1cccc(-c2noc(C3CCCNC3)n2)n1.Cl. The van der Waals surface area contributed by atoms with Crippen molar-refractivity contribution in [2.24, 2.45) is 0 Å². The van der Waals surface area contributed by atoms with Gasteiger partial charge < -0.3 is 9.84 Å².